The van der Waals surface area contributed by atoms with Gasteiger partial charge in [-0.15, -0.1) is 0 Å². The zero-order valence-electron chi connectivity index (χ0n) is 25.6. The topological polar surface area (TPSA) is 129 Å². The van der Waals surface area contributed by atoms with Crippen molar-refractivity contribution in [3.63, 3.8) is 0 Å². The molecular weight excluding hydrogens is 540 g/mol. The summed E-state index contributed by atoms with van der Waals surface area (Å²) in [5.74, 6) is -3.40. The third-order valence-corrected chi connectivity index (χ3v) is 7.66. The van der Waals surface area contributed by atoms with Crippen molar-refractivity contribution >= 4 is 18.2 Å². The molecule has 0 aromatic heterocycles. The number of hydrogen-bond donors (Lipinski definition) is 2. The predicted molar refractivity (Wildman–Crippen MR) is 158 cm³/mol. The van der Waals surface area contributed by atoms with Crippen LogP contribution in [0.2, 0.25) is 0 Å². The van der Waals surface area contributed by atoms with Crippen LogP contribution >= 0.6 is 0 Å². The fraction of sp³-hybridized carbons (Fsp3) is 0.606. The molecule has 1 aliphatic rings. The Labute approximate surface area is 249 Å². The highest BCUT2D eigenvalue weighted by Crippen LogP contribution is 2.46. The minimum atomic E-state index is -2.18. The lowest BCUT2D eigenvalue weighted by molar-refractivity contribution is -0.327. The maximum atomic E-state index is 12.9. The van der Waals surface area contributed by atoms with Crippen molar-refractivity contribution in [3.8, 4) is 0 Å². The third-order valence-electron chi connectivity index (χ3n) is 7.66. The number of rotatable bonds is 17. The van der Waals surface area contributed by atoms with Gasteiger partial charge in [-0.3, -0.25) is 9.59 Å². The lowest BCUT2D eigenvalue weighted by Crippen LogP contribution is -2.62. The molecule has 234 valence electrons. The molecule has 2 N–H and O–H groups in total. The Kier molecular flexibility index (Phi) is 14.6. The molecule has 0 unspecified atom stereocenters. The number of aliphatic hydroxyl groups excluding tert-OH is 1. The van der Waals surface area contributed by atoms with Gasteiger partial charge in [0.2, 0.25) is 5.79 Å². The number of ether oxygens (including phenoxy) is 4. The van der Waals surface area contributed by atoms with E-state index in [1.807, 2.05) is 30.3 Å². The van der Waals surface area contributed by atoms with Gasteiger partial charge in [0.25, 0.3) is 0 Å². The van der Waals surface area contributed by atoms with E-state index >= 15 is 0 Å². The molecule has 9 nitrogen and oxygen atoms in total. The van der Waals surface area contributed by atoms with Crippen LogP contribution in [0.25, 0.3) is 0 Å². The van der Waals surface area contributed by atoms with Gasteiger partial charge in [0.15, 0.2) is 6.10 Å². The lowest BCUT2D eigenvalue weighted by atomic mass is 9.74. The fourth-order valence-corrected chi connectivity index (χ4v) is 4.94. The maximum absolute atomic E-state index is 12.9. The number of carbonyl (C=O) groups is 3. The maximum Gasteiger partial charge on any atom is 0.330 e. The number of hydrogen-bond acceptors (Lipinski definition) is 9. The van der Waals surface area contributed by atoms with Gasteiger partial charge in [0.05, 0.1) is 32.0 Å². The molecule has 1 saturated heterocycles. The Morgan fingerprint density at radius 1 is 1.17 bits per heavy atom. The Morgan fingerprint density at radius 3 is 2.50 bits per heavy atom. The van der Waals surface area contributed by atoms with Crippen LogP contribution in [0.3, 0.4) is 0 Å². The summed E-state index contributed by atoms with van der Waals surface area (Å²) in [6.45, 7) is 7.44. The van der Waals surface area contributed by atoms with E-state index in [0.717, 1.165) is 31.2 Å². The number of unbranched alkanes of at least 4 members (excludes halogenated alkanes) is 4. The highest BCUT2D eigenvalue weighted by molar-refractivity contribution is 5.83. The van der Waals surface area contributed by atoms with E-state index in [0.29, 0.717) is 19.3 Å². The number of esters is 2. The summed E-state index contributed by atoms with van der Waals surface area (Å²) in [6, 6.07) is 9.57. The van der Waals surface area contributed by atoms with Crippen LogP contribution in [0, 0.1) is 5.41 Å². The molecule has 0 radical (unpaired) electrons. The second-order valence-electron chi connectivity index (χ2n) is 11.4. The van der Waals surface area contributed by atoms with Crippen molar-refractivity contribution in [1.82, 2.24) is 0 Å². The van der Waals surface area contributed by atoms with Crippen LogP contribution in [-0.4, -0.2) is 65.8 Å². The number of carbonyl (C=O) groups excluding carboxylic acids is 3. The Morgan fingerprint density at radius 2 is 1.86 bits per heavy atom. The van der Waals surface area contributed by atoms with Gasteiger partial charge in [0, 0.05) is 24.3 Å². The summed E-state index contributed by atoms with van der Waals surface area (Å²) >= 11 is 0. The monoisotopic (exact) mass is 588 g/mol. The summed E-state index contributed by atoms with van der Waals surface area (Å²) < 4.78 is 22.8. The van der Waals surface area contributed by atoms with E-state index in [9.17, 15) is 24.6 Å². The van der Waals surface area contributed by atoms with Gasteiger partial charge in [-0.05, 0) is 37.0 Å². The van der Waals surface area contributed by atoms with Crippen LogP contribution < -0.4 is 0 Å². The second-order valence-corrected chi connectivity index (χ2v) is 11.4. The predicted octanol–water partition coefficient (Wildman–Crippen LogP) is 4.97. The SMILES string of the molecule is CCCCCCCC(=O)O[C@H]1/C(=C/C(=O)OC)C[C@@H](C[C@@H](O)[C@@H](C)OCc2ccccc2)O[C@@]1(O)C(C)(C)/C=C/C=O. The Bertz CT molecular complexity index is 1050. The van der Waals surface area contributed by atoms with E-state index in [4.69, 9.17) is 18.9 Å². The second kappa shape index (κ2) is 17.3. The molecule has 1 aromatic rings. The average Bonchev–Trinajstić information content (AvgIpc) is 2.96. The first-order valence-corrected chi connectivity index (χ1v) is 14.8. The van der Waals surface area contributed by atoms with Crippen molar-refractivity contribution in [3.05, 3.63) is 59.7 Å². The summed E-state index contributed by atoms with van der Waals surface area (Å²) in [5, 5.41) is 23.1. The molecule has 1 fully saturated rings. The van der Waals surface area contributed by atoms with Crippen molar-refractivity contribution in [2.75, 3.05) is 7.11 Å². The Balaban J connectivity index is 2.31. The molecule has 0 saturated carbocycles. The zero-order valence-corrected chi connectivity index (χ0v) is 25.6. The quantitative estimate of drug-likeness (QED) is 0.112. The molecule has 5 atom stereocenters. The van der Waals surface area contributed by atoms with Gasteiger partial charge in [0.1, 0.15) is 6.29 Å². The van der Waals surface area contributed by atoms with E-state index in [1.54, 1.807) is 20.8 Å². The number of benzene rings is 1. The average molecular weight is 589 g/mol. The van der Waals surface area contributed by atoms with Crippen LogP contribution in [-0.2, 0) is 39.9 Å². The number of allylic oxidation sites excluding steroid dienone is 1. The summed E-state index contributed by atoms with van der Waals surface area (Å²) in [4.78, 5) is 36.5. The zero-order chi connectivity index (χ0) is 31.2. The van der Waals surface area contributed by atoms with Crippen molar-refractivity contribution in [1.29, 1.82) is 0 Å². The lowest BCUT2D eigenvalue weighted by Gasteiger charge is -2.50. The van der Waals surface area contributed by atoms with Crippen LogP contribution in [0.15, 0.2) is 54.1 Å². The van der Waals surface area contributed by atoms with Gasteiger partial charge in [-0.2, -0.15) is 0 Å². The molecule has 2 rings (SSSR count). The minimum absolute atomic E-state index is 0.0579. The molecule has 1 aliphatic heterocycles. The summed E-state index contributed by atoms with van der Waals surface area (Å²) in [7, 11) is 1.23. The van der Waals surface area contributed by atoms with Gasteiger partial charge < -0.3 is 29.2 Å². The van der Waals surface area contributed by atoms with E-state index in [1.165, 1.54) is 25.3 Å². The van der Waals surface area contributed by atoms with Crippen molar-refractivity contribution < 1.29 is 43.5 Å². The summed E-state index contributed by atoms with van der Waals surface area (Å²) in [5.41, 5.74) is -0.00623. The molecule has 9 heteroatoms. The van der Waals surface area contributed by atoms with Gasteiger partial charge in [-0.1, -0.05) is 82.9 Å². The summed E-state index contributed by atoms with van der Waals surface area (Å²) in [6.07, 6.45) is 5.74. The highest BCUT2D eigenvalue weighted by Gasteiger charge is 2.57. The van der Waals surface area contributed by atoms with Crippen molar-refractivity contribution in [2.45, 2.75) is 116 Å². The largest absolute Gasteiger partial charge is 0.466 e. The molecule has 1 aromatic carbocycles. The molecule has 0 bridgehead atoms. The highest BCUT2D eigenvalue weighted by atomic mass is 16.7. The molecule has 0 spiro atoms. The van der Waals surface area contributed by atoms with Crippen LogP contribution in [0.1, 0.15) is 84.6 Å². The van der Waals surface area contributed by atoms with Gasteiger partial charge in [-0.25, -0.2) is 4.79 Å². The van der Waals surface area contributed by atoms with E-state index in [2.05, 4.69) is 6.92 Å². The smallest absolute Gasteiger partial charge is 0.330 e. The standard InChI is InChI=1S/C33H48O9/c1-6-7-8-9-13-17-29(36)41-31-26(21-30(37)39-5)20-27(42-33(31,38)32(3,4)18-14-19-34)22-28(35)24(2)40-23-25-15-11-10-12-16-25/h10-12,14-16,18-19,21,24,27-28,31,35,38H,6-9,13,17,20,22-23H2,1-5H3/b18-14+,26-21+/t24-,27+,28-,31+,33-/m1/s1. The first-order chi connectivity index (χ1) is 20.0. The van der Waals surface area contributed by atoms with Crippen LogP contribution in [0.5, 0.6) is 0 Å². The molecule has 1 heterocycles. The molecule has 0 amide bonds. The van der Waals surface area contributed by atoms with Crippen molar-refractivity contribution in [2.24, 2.45) is 5.41 Å². The molecule has 42 heavy (non-hydrogen) atoms. The first kappa shape index (κ1) is 35.3. The third kappa shape index (κ3) is 10.5. The minimum Gasteiger partial charge on any atom is -0.466 e. The fourth-order valence-electron chi connectivity index (χ4n) is 4.94. The number of aldehydes is 1. The molecule has 0 aliphatic carbocycles. The number of methoxy groups -OCH3 is 1. The van der Waals surface area contributed by atoms with E-state index in [-0.39, 0.29) is 24.8 Å². The number of aliphatic hydroxyl groups is 2. The molecular formula is C33H48O9. The van der Waals surface area contributed by atoms with Gasteiger partial charge >= 0.3 is 11.9 Å². The first-order valence-electron chi connectivity index (χ1n) is 14.8. The normalized spacial score (nSPS) is 23.5. The van der Waals surface area contributed by atoms with E-state index < -0.39 is 47.6 Å². The van der Waals surface area contributed by atoms with Crippen LogP contribution in [0.4, 0.5) is 0 Å². The Hall–Kier alpha value is -2.85.